The minimum absolute atomic E-state index is 0.319. The van der Waals surface area contributed by atoms with Crippen molar-refractivity contribution >= 4 is 11.6 Å². The maximum atomic E-state index is 13.1. The minimum atomic E-state index is -0.341. The van der Waals surface area contributed by atoms with Gasteiger partial charge in [0.1, 0.15) is 18.2 Å². The molecule has 0 amide bonds. The summed E-state index contributed by atoms with van der Waals surface area (Å²) < 4.78 is 18.9. The van der Waals surface area contributed by atoms with Crippen molar-refractivity contribution in [1.29, 1.82) is 0 Å². The van der Waals surface area contributed by atoms with E-state index in [4.69, 9.17) is 16.3 Å². The summed E-state index contributed by atoms with van der Waals surface area (Å²) in [5, 5.41) is 3.83. The summed E-state index contributed by atoms with van der Waals surface area (Å²) in [6.07, 6.45) is 1.08. The van der Waals surface area contributed by atoms with E-state index in [0.717, 1.165) is 29.8 Å². The largest absolute Gasteiger partial charge is 0.489 e. The van der Waals surface area contributed by atoms with Crippen molar-refractivity contribution in [2.75, 3.05) is 0 Å². The Balaban J connectivity index is 2.03. The first-order valence-electron chi connectivity index (χ1n) is 7.48. The molecule has 0 unspecified atom stereocenters. The molecule has 118 valence electrons. The van der Waals surface area contributed by atoms with Crippen molar-refractivity contribution in [1.82, 2.24) is 5.32 Å². The first kappa shape index (κ1) is 16.8. The lowest BCUT2D eigenvalue weighted by Crippen LogP contribution is -2.24. The van der Waals surface area contributed by atoms with Crippen LogP contribution in [0.2, 0.25) is 5.02 Å². The standard InChI is InChI=1S/C18H21ClFNO/c1-3-13(2)21-11-14-6-4-5-7-18(14)22-12-15-8-9-16(20)10-17(15)19/h4-10,13,21H,3,11-12H2,1-2H3/t13-/m0/s1. The van der Waals surface area contributed by atoms with Gasteiger partial charge in [-0.1, -0.05) is 42.8 Å². The van der Waals surface area contributed by atoms with Crippen LogP contribution in [-0.4, -0.2) is 6.04 Å². The molecule has 0 heterocycles. The summed E-state index contributed by atoms with van der Waals surface area (Å²) in [6, 6.07) is 12.7. The van der Waals surface area contributed by atoms with Crippen LogP contribution in [0.4, 0.5) is 4.39 Å². The molecule has 0 bridgehead atoms. The minimum Gasteiger partial charge on any atom is -0.489 e. The van der Waals surface area contributed by atoms with E-state index >= 15 is 0 Å². The SMILES string of the molecule is CC[C@H](C)NCc1ccccc1OCc1ccc(F)cc1Cl. The van der Waals surface area contributed by atoms with Gasteiger partial charge in [0, 0.05) is 23.7 Å². The van der Waals surface area contributed by atoms with Crippen LogP contribution < -0.4 is 10.1 Å². The average molecular weight is 322 g/mol. The van der Waals surface area contributed by atoms with Crippen molar-refractivity contribution in [3.8, 4) is 5.75 Å². The fourth-order valence-corrected chi connectivity index (χ4v) is 2.24. The maximum Gasteiger partial charge on any atom is 0.124 e. The van der Waals surface area contributed by atoms with Crippen LogP contribution in [0.25, 0.3) is 0 Å². The van der Waals surface area contributed by atoms with Gasteiger partial charge in [-0.05, 0) is 31.5 Å². The summed E-state index contributed by atoms with van der Waals surface area (Å²) in [5.74, 6) is 0.477. The number of para-hydroxylation sites is 1. The molecule has 0 fully saturated rings. The highest BCUT2D eigenvalue weighted by molar-refractivity contribution is 6.31. The first-order valence-corrected chi connectivity index (χ1v) is 7.86. The van der Waals surface area contributed by atoms with Crippen LogP contribution in [0, 0.1) is 5.82 Å². The van der Waals surface area contributed by atoms with Crippen molar-refractivity contribution in [3.63, 3.8) is 0 Å². The van der Waals surface area contributed by atoms with Crippen LogP contribution >= 0.6 is 11.6 Å². The Morgan fingerprint density at radius 2 is 1.95 bits per heavy atom. The van der Waals surface area contributed by atoms with Crippen molar-refractivity contribution < 1.29 is 9.13 Å². The third kappa shape index (κ3) is 4.72. The number of ether oxygens (including phenoxy) is 1. The predicted octanol–water partition coefficient (Wildman–Crippen LogP) is 4.95. The Kier molecular flexibility index (Phi) is 6.22. The van der Waals surface area contributed by atoms with Crippen LogP contribution in [0.15, 0.2) is 42.5 Å². The Hall–Kier alpha value is -1.58. The van der Waals surface area contributed by atoms with E-state index in [9.17, 15) is 4.39 Å². The Morgan fingerprint density at radius 1 is 1.18 bits per heavy atom. The molecule has 0 aliphatic heterocycles. The van der Waals surface area contributed by atoms with Gasteiger partial charge >= 0.3 is 0 Å². The summed E-state index contributed by atoms with van der Waals surface area (Å²) in [5.41, 5.74) is 1.87. The van der Waals surface area contributed by atoms with Crippen LogP contribution in [0.1, 0.15) is 31.4 Å². The molecule has 0 spiro atoms. The van der Waals surface area contributed by atoms with E-state index in [-0.39, 0.29) is 5.82 Å². The van der Waals surface area contributed by atoms with Gasteiger partial charge in [0.2, 0.25) is 0 Å². The average Bonchev–Trinajstić information content (AvgIpc) is 2.52. The molecular weight excluding hydrogens is 301 g/mol. The molecule has 0 saturated carbocycles. The van der Waals surface area contributed by atoms with Crippen molar-refractivity contribution in [2.24, 2.45) is 0 Å². The quantitative estimate of drug-likeness (QED) is 0.779. The molecule has 0 saturated heterocycles. The zero-order valence-electron chi connectivity index (χ0n) is 12.9. The van der Waals surface area contributed by atoms with Gasteiger partial charge in [0.05, 0.1) is 5.02 Å². The van der Waals surface area contributed by atoms with Gasteiger partial charge < -0.3 is 10.1 Å². The number of rotatable bonds is 7. The maximum absolute atomic E-state index is 13.1. The molecule has 1 N–H and O–H groups in total. The van der Waals surface area contributed by atoms with E-state index in [1.165, 1.54) is 12.1 Å². The summed E-state index contributed by atoms with van der Waals surface area (Å²) >= 11 is 6.02. The summed E-state index contributed by atoms with van der Waals surface area (Å²) in [4.78, 5) is 0. The molecule has 1 atom stereocenters. The lowest BCUT2D eigenvalue weighted by Gasteiger charge is -2.15. The predicted molar refractivity (Wildman–Crippen MR) is 88.8 cm³/mol. The second kappa shape index (κ2) is 8.16. The molecular formula is C18H21ClFNO. The number of halogens is 2. The van der Waals surface area contributed by atoms with Gasteiger partial charge in [0.15, 0.2) is 0 Å². The monoisotopic (exact) mass is 321 g/mol. The molecule has 2 rings (SSSR count). The van der Waals surface area contributed by atoms with Gasteiger partial charge in [-0.2, -0.15) is 0 Å². The fraction of sp³-hybridized carbons (Fsp3) is 0.333. The molecule has 2 aromatic rings. The third-order valence-electron chi connectivity index (χ3n) is 3.62. The molecule has 0 radical (unpaired) electrons. The third-order valence-corrected chi connectivity index (χ3v) is 3.98. The van der Waals surface area contributed by atoms with Gasteiger partial charge in [-0.25, -0.2) is 4.39 Å². The molecule has 2 nitrogen and oxygen atoms in total. The van der Waals surface area contributed by atoms with E-state index in [0.29, 0.717) is 17.7 Å². The fourth-order valence-electron chi connectivity index (χ4n) is 2.01. The molecule has 4 heteroatoms. The first-order chi connectivity index (χ1) is 10.6. The normalized spacial score (nSPS) is 12.2. The Labute approximate surface area is 136 Å². The van der Waals surface area contributed by atoms with E-state index in [1.807, 2.05) is 24.3 Å². The molecule has 0 aliphatic carbocycles. The van der Waals surface area contributed by atoms with Crippen LogP contribution in [0.5, 0.6) is 5.75 Å². The highest BCUT2D eigenvalue weighted by Crippen LogP contribution is 2.22. The molecule has 0 aromatic heterocycles. The second-order valence-electron chi connectivity index (χ2n) is 5.32. The lowest BCUT2D eigenvalue weighted by molar-refractivity contribution is 0.301. The number of nitrogens with one attached hydrogen (secondary N) is 1. The van der Waals surface area contributed by atoms with Crippen molar-refractivity contribution in [3.05, 3.63) is 64.4 Å². The number of benzene rings is 2. The lowest BCUT2D eigenvalue weighted by atomic mass is 10.1. The second-order valence-corrected chi connectivity index (χ2v) is 5.73. The molecule has 22 heavy (non-hydrogen) atoms. The highest BCUT2D eigenvalue weighted by Gasteiger charge is 2.07. The zero-order chi connectivity index (χ0) is 15.9. The smallest absolute Gasteiger partial charge is 0.124 e. The van der Waals surface area contributed by atoms with Gasteiger partial charge in [-0.15, -0.1) is 0 Å². The number of hydrogen-bond donors (Lipinski definition) is 1. The Bertz CT molecular complexity index is 618. The van der Waals surface area contributed by atoms with Gasteiger partial charge in [-0.3, -0.25) is 0 Å². The van der Waals surface area contributed by atoms with Crippen molar-refractivity contribution in [2.45, 2.75) is 39.5 Å². The molecule has 0 aliphatic rings. The zero-order valence-corrected chi connectivity index (χ0v) is 13.7. The molecule has 2 aromatic carbocycles. The van der Waals surface area contributed by atoms with E-state index in [2.05, 4.69) is 19.2 Å². The van der Waals surface area contributed by atoms with E-state index < -0.39 is 0 Å². The van der Waals surface area contributed by atoms with Crippen LogP contribution in [-0.2, 0) is 13.2 Å². The van der Waals surface area contributed by atoms with Gasteiger partial charge in [0.25, 0.3) is 0 Å². The topological polar surface area (TPSA) is 21.3 Å². The number of hydrogen-bond acceptors (Lipinski definition) is 2. The van der Waals surface area contributed by atoms with E-state index in [1.54, 1.807) is 6.07 Å². The summed E-state index contributed by atoms with van der Waals surface area (Å²) in [7, 11) is 0. The summed E-state index contributed by atoms with van der Waals surface area (Å²) in [6.45, 7) is 5.38. The highest BCUT2D eigenvalue weighted by atomic mass is 35.5. The van der Waals surface area contributed by atoms with Crippen LogP contribution in [0.3, 0.4) is 0 Å². The Morgan fingerprint density at radius 3 is 2.68 bits per heavy atom.